The summed E-state index contributed by atoms with van der Waals surface area (Å²) in [6.07, 6.45) is 3.91. The molecule has 2 aromatic carbocycles. The first-order valence-corrected chi connectivity index (χ1v) is 9.55. The minimum atomic E-state index is -1.01. The second-order valence-electron chi connectivity index (χ2n) is 6.86. The number of carbonyl (C=O) groups is 1. The van der Waals surface area contributed by atoms with Crippen LogP contribution in [0.1, 0.15) is 40.0 Å². The summed E-state index contributed by atoms with van der Waals surface area (Å²) in [6.45, 7) is 2.93. The molecule has 4 rings (SSSR count). The Morgan fingerprint density at radius 3 is 2.97 bits per heavy atom. The first-order chi connectivity index (χ1) is 14.2. The summed E-state index contributed by atoms with van der Waals surface area (Å²) >= 11 is 0. The maximum atomic E-state index is 11.3. The molecular weight excluding hydrogens is 362 g/mol. The molecule has 1 aromatic heterocycles. The van der Waals surface area contributed by atoms with Gasteiger partial charge in [0.1, 0.15) is 0 Å². The summed E-state index contributed by atoms with van der Waals surface area (Å²) in [5.74, 6) is 2.13. The number of aryl methyl sites for hydroxylation is 1. The highest BCUT2D eigenvalue weighted by Crippen LogP contribution is 2.31. The van der Waals surface area contributed by atoms with Crippen LogP contribution in [0.25, 0.3) is 11.1 Å². The predicted molar refractivity (Wildman–Crippen MR) is 113 cm³/mol. The molecule has 0 saturated carbocycles. The summed E-state index contributed by atoms with van der Waals surface area (Å²) in [4.78, 5) is 15.2. The van der Waals surface area contributed by atoms with E-state index in [9.17, 15) is 9.90 Å². The Labute approximate surface area is 169 Å². The molecule has 3 N–H and O–H groups in total. The number of carboxylic acids is 1. The molecule has 0 bridgehead atoms. The van der Waals surface area contributed by atoms with Crippen LogP contribution in [-0.4, -0.2) is 16.1 Å². The lowest BCUT2D eigenvalue weighted by Crippen LogP contribution is -2.10. The normalized spacial score (nSPS) is 14.6. The van der Waals surface area contributed by atoms with Gasteiger partial charge in [-0.25, -0.2) is 4.79 Å². The molecule has 1 unspecified atom stereocenters. The number of carboxylic acid groups (broad SMARTS) is 1. The first kappa shape index (κ1) is 18.7. The summed E-state index contributed by atoms with van der Waals surface area (Å²) < 4.78 is 0. The Kier molecular flexibility index (Phi) is 5.28. The van der Waals surface area contributed by atoms with E-state index < -0.39 is 5.97 Å². The van der Waals surface area contributed by atoms with Gasteiger partial charge in [0.05, 0.1) is 23.5 Å². The van der Waals surface area contributed by atoms with Gasteiger partial charge in [0, 0.05) is 18.8 Å². The van der Waals surface area contributed by atoms with Crippen LogP contribution < -0.4 is 10.6 Å². The molecule has 5 nitrogen and oxygen atoms in total. The van der Waals surface area contributed by atoms with E-state index in [0.717, 1.165) is 18.5 Å². The zero-order valence-corrected chi connectivity index (χ0v) is 16.1. The van der Waals surface area contributed by atoms with E-state index in [1.807, 2.05) is 0 Å². The third-order valence-corrected chi connectivity index (χ3v) is 5.13. The van der Waals surface area contributed by atoms with Gasteiger partial charge in [0.2, 0.25) is 0 Å². The molecule has 1 aliphatic heterocycles. The number of pyridine rings is 1. The number of fused-ring (bicyclic) bond motifs is 1. The molecule has 0 saturated heterocycles. The van der Waals surface area contributed by atoms with Gasteiger partial charge >= 0.3 is 5.97 Å². The summed E-state index contributed by atoms with van der Waals surface area (Å²) in [5.41, 5.74) is 6.75. The fourth-order valence-corrected chi connectivity index (χ4v) is 3.63. The van der Waals surface area contributed by atoms with Crippen LogP contribution >= 0.6 is 0 Å². The average Bonchev–Trinajstić information content (AvgIpc) is 3.16. The molecule has 0 aliphatic carbocycles. The number of benzene rings is 2. The third kappa shape index (κ3) is 3.84. The molecule has 0 fully saturated rings. The lowest BCUT2D eigenvalue weighted by atomic mass is 9.94. The third-order valence-electron chi connectivity index (χ3n) is 5.13. The van der Waals surface area contributed by atoms with E-state index >= 15 is 0 Å². The number of aromatic carboxylic acids is 1. The predicted octanol–water partition coefficient (Wildman–Crippen LogP) is 4.23. The number of nitrogens with one attached hydrogen (secondary N) is 2. The zero-order valence-electron chi connectivity index (χ0n) is 16.1. The minimum Gasteiger partial charge on any atom is -0.478 e. The van der Waals surface area contributed by atoms with Gasteiger partial charge in [-0.05, 0) is 46.4 Å². The first-order valence-electron chi connectivity index (χ1n) is 9.55. The Balaban J connectivity index is 1.55. The number of aromatic nitrogens is 1. The molecule has 5 heteroatoms. The fraction of sp³-hybridized carbons (Fsp3) is 0.167. The van der Waals surface area contributed by atoms with Crippen LogP contribution in [0, 0.1) is 12.0 Å². The van der Waals surface area contributed by atoms with E-state index in [0.29, 0.717) is 5.69 Å². The number of hydrogen-bond acceptors (Lipinski definition) is 4. The smallest absolute Gasteiger partial charge is 0.337 e. The second kappa shape index (κ2) is 8.17. The van der Waals surface area contributed by atoms with Crippen LogP contribution in [-0.2, 0) is 13.0 Å². The van der Waals surface area contributed by atoms with Crippen LogP contribution in [0.4, 0.5) is 5.69 Å². The summed E-state index contributed by atoms with van der Waals surface area (Å²) in [6, 6.07) is 19.2. The van der Waals surface area contributed by atoms with E-state index in [1.54, 1.807) is 0 Å². The highest BCUT2D eigenvalue weighted by Gasteiger charge is 2.20. The van der Waals surface area contributed by atoms with Crippen molar-refractivity contribution in [2.45, 2.75) is 25.9 Å². The molecule has 0 radical (unpaired) electrons. The molecule has 0 amide bonds. The molecule has 2 heterocycles. The maximum absolute atomic E-state index is 11.3. The van der Waals surface area contributed by atoms with Crippen LogP contribution in [0.2, 0.25) is 0 Å². The van der Waals surface area contributed by atoms with Crippen molar-refractivity contribution in [1.29, 1.82) is 0 Å². The fourth-order valence-electron chi connectivity index (χ4n) is 3.63. The highest BCUT2D eigenvalue weighted by atomic mass is 16.4. The maximum Gasteiger partial charge on any atom is 0.337 e. The van der Waals surface area contributed by atoms with Crippen LogP contribution in [0.3, 0.4) is 0 Å². The molecular formula is C24H21N3O2. The van der Waals surface area contributed by atoms with Gasteiger partial charge in [-0.2, -0.15) is 0 Å². The summed E-state index contributed by atoms with van der Waals surface area (Å²) in [7, 11) is 0. The van der Waals surface area contributed by atoms with E-state index in [-0.39, 0.29) is 11.6 Å². The zero-order chi connectivity index (χ0) is 20.2. The number of anilines is 1. The Bertz CT molecular complexity index is 1130. The van der Waals surface area contributed by atoms with Crippen molar-refractivity contribution in [2.75, 3.05) is 5.32 Å². The largest absolute Gasteiger partial charge is 0.478 e. The van der Waals surface area contributed by atoms with Gasteiger partial charge in [0.25, 0.3) is 0 Å². The quantitative estimate of drug-likeness (QED) is 0.464. The van der Waals surface area contributed by atoms with Crippen molar-refractivity contribution in [1.82, 2.24) is 10.3 Å². The van der Waals surface area contributed by atoms with Gasteiger partial charge in [-0.1, -0.05) is 49.2 Å². The molecule has 3 aromatic rings. The van der Waals surface area contributed by atoms with Crippen molar-refractivity contribution >= 4 is 11.7 Å². The minimum absolute atomic E-state index is 0.0991. The van der Waals surface area contributed by atoms with E-state index in [1.165, 1.54) is 40.7 Å². The van der Waals surface area contributed by atoms with Crippen molar-refractivity contribution < 1.29 is 9.90 Å². The lowest BCUT2D eigenvalue weighted by Gasteiger charge is -2.10. The summed E-state index contributed by atoms with van der Waals surface area (Å²) in [5, 5.41) is 15.5. The number of rotatable bonds is 4. The lowest BCUT2D eigenvalue weighted by molar-refractivity contribution is 0.0698. The van der Waals surface area contributed by atoms with E-state index in [2.05, 4.69) is 77.0 Å². The number of nitrogens with zero attached hydrogens (tertiary/aromatic N) is 1. The van der Waals surface area contributed by atoms with Crippen LogP contribution in [0.5, 0.6) is 0 Å². The average molecular weight is 383 g/mol. The van der Waals surface area contributed by atoms with Crippen molar-refractivity contribution in [3.8, 4) is 23.1 Å². The van der Waals surface area contributed by atoms with Crippen molar-refractivity contribution in [3.63, 3.8) is 0 Å². The highest BCUT2D eigenvalue weighted by molar-refractivity contribution is 5.94. The number of hydrogen-bond donors (Lipinski definition) is 3. The van der Waals surface area contributed by atoms with Crippen molar-refractivity contribution in [3.05, 3.63) is 83.2 Å². The molecule has 29 heavy (non-hydrogen) atoms. The Hall–Kier alpha value is -3.62. The van der Waals surface area contributed by atoms with Gasteiger partial charge < -0.3 is 10.4 Å². The molecule has 1 atom stereocenters. The van der Waals surface area contributed by atoms with Gasteiger partial charge in [-0.3, -0.25) is 10.3 Å². The second-order valence-corrected chi connectivity index (χ2v) is 6.86. The van der Waals surface area contributed by atoms with E-state index in [4.69, 9.17) is 0 Å². The van der Waals surface area contributed by atoms with Gasteiger partial charge in [-0.15, -0.1) is 0 Å². The standard InChI is InChI=1S/C24H21N3O2/c1-2-16-5-3-4-6-19(16)17-7-8-20-18(13-17)14-27-22(20)10-12-26-23-15-25-11-9-21(23)24(28)29/h3-9,11,13,15,22,26-27H,2,14H2,1H3,(H,28,29). The van der Waals surface area contributed by atoms with Gasteiger partial charge in [0.15, 0.2) is 0 Å². The monoisotopic (exact) mass is 383 g/mol. The Morgan fingerprint density at radius 1 is 1.28 bits per heavy atom. The SMILES string of the molecule is CCc1ccccc1-c1ccc2c(c1)CNC2C#CNc1cnccc1C(=O)O. The topological polar surface area (TPSA) is 74.2 Å². The van der Waals surface area contributed by atoms with Crippen LogP contribution in [0.15, 0.2) is 60.9 Å². The molecule has 144 valence electrons. The Morgan fingerprint density at radius 2 is 2.14 bits per heavy atom. The molecule has 0 spiro atoms. The van der Waals surface area contributed by atoms with Crippen molar-refractivity contribution in [2.24, 2.45) is 0 Å². The molecule has 1 aliphatic rings.